The van der Waals surface area contributed by atoms with E-state index in [1.807, 2.05) is 30.3 Å². The van der Waals surface area contributed by atoms with Crippen molar-refractivity contribution in [1.82, 2.24) is 0 Å². The van der Waals surface area contributed by atoms with Crippen molar-refractivity contribution in [3.63, 3.8) is 0 Å². The van der Waals surface area contributed by atoms with Gasteiger partial charge >= 0.3 is 0 Å². The predicted octanol–water partition coefficient (Wildman–Crippen LogP) is 2.35. The zero-order valence-corrected chi connectivity index (χ0v) is 11.1. The van der Waals surface area contributed by atoms with E-state index >= 15 is 0 Å². The number of benzene rings is 2. The molecule has 0 aliphatic rings. The predicted molar refractivity (Wildman–Crippen MR) is 74.4 cm³/mol. The minimum absolute atomic E-state index is 0.268. The van der Waals surface area contributed by atoms with Crippen molar-refractivity contribution >= 4 is 16.6 Å². The van der Waals surface area contributed by atoms with Gasteiger partial charge in [0.25, 0.3) is 0 Å². The van der Waals surface area contributed by atoms with Crippen molar-refractivity contribution in [2.24, 2.45) is 5.73 Å². The molecule has 100 valence electrons. The number of hydrogen-bond donors (Lipinski definition) is 1. The first-order chi connectivity index (χ1) is 9.19. The Morgan fingerprint density at radius 1 is 1.26 bits per heavy atom. The molecule has 0 spiro atoms. The first-order valence-corrected chi connectivity index (χ1v) is 6.16. The van der Waals surface area contributed by atoms with E-state index in [9.17, 15) is 4.79 Å². The highest BCUT2D eigenvalue weighted by atomic mass is 16.5. The summed E-state index contributed by atoms with van der Waals surface area (Å²) in [7, 11) is 1.53. The average molecular weight is 259 g/mol. The Kier molecular flexibility index (Phi) is 4.14. The van der Waals surface area contributed by atoms with E-state index in [0.29, 0.717) is 17.9 Å². The molecule has 0 amide bonds. The van der Waals surface area contributed by atoms with Gasteiger partial charge in [-0.05, 0) is 23.8 Å². The van der Waals surface area contributed by atoms with Crippen LogP contribution in [0.2, 0.25) is 0 Å². The molecule has 2 N–H and O–H groups in total. The Labute approximate surface area is 112 Å². The number of hydrogen-bond acceptors (Lipinski definition) is 4. The van der Waals surface area contributed by atoms with Crippen LogP contribution in [0.15, 0.2) is 36.4 Å². The van der Waals surface area contributed by atoms with Gasteiger partial charge in [0.1, 0.15) is 5.75 Å². The average Bonchev–Trinajstić information content (AvgIpc) is 2.45. The molecular formula is C15H17NO3. The van der Waals surface area contributed by atoms with Crippen molar-refractivity contribution in [2.45, 2.75) is 13.2 Å². The number of carbonyl (C=O) groups excluding carboxylic acids is 1. The number of rotatable bonds is 5. The van der Waals surface area contributed by atoms with Gasteiger partial charge in [0.2, 0.25) is 5.78 Å². The first kappa shape index (κ1) is 13.5. The highest BCUT2D eigenvalue weighted by Crippen LogP contribution is 2.28. The summed E-state index contributed by atoms with van der Waals surface area (Å²) in [6, 6.07) is 11.3. The fourth-order valence-electron chi connectivity index (χ4n) is 2.07. The second-order valence-corrected chi connectivity index (χ2v) is 4.10. The summed E-state index contributed by atoms with van der Waals surface area (Å²) in [6.07, 6.45) is -0.968. The van der Waals surface area contributed by atoms with Crippen LogP contribution >= 0.6 is 0 Å². The second-order valence-electron chi connectivity index (χ2n) is 4.10. The smallest absolute Gasteiger partial charge is 0.210 e. The highest BCUT2D eigenvalue weighted by Gasteiger charge is 2.22. The number of Topliss-reactive ketones (excluding diaryl/α,β-unsaturated/α-hetero) is 1. The van der Waals surface area contributed by atoms with Crippen LogP contribution < -0.4 is 10.5 Å². The third-order valence-corrected chi connectivity index (χ3v) is 2.96. The molecule has 0 radical (unpaired) electrons. The summed E-state index contributed by atoms with van der Waals surface area (Å²) < 4.78 is 10.5. The van der Waals surface area contributed by atoms with E-state index in [-0.39, 0.29) is 5.78 Å². The number of carbonyl (C=O) groups is 1. The van der Waals surface area contributed by atoms with Crippen LogP contribution in [0.3, 0.4) is 0 Å². The lowest BCUT2D eigenvalue weighted by atomic mass is 9.99. The lowest BCUT2D eigenvalue weighted by molar-refractivity contribution is 0.0478. The standard InChI is InChI=1S/C15H17NO3/c1-3-19-15(16)14(17)13-11-7-5-4-6-10(11)8-9-12(13)18-2/h4-9,15H,3,16H2,1-2H3. The number of ether oxygens (including phenoxy) is 2. The summed E-state index contributed by atoms with van der Waals surface area (Å²) in [5.41, 5.74) is 6.22. The molecule has 0 aliphatic heterocycles. The fourth-order valence-corrected chi connectivity index (χ4v) is 2.07. The molecule has 4 heteroatoms. The Hall–Kier alpha value is -1.91. The molecule has 1 atom stereocenters. The third kappa shape index (κ3) is 2.59. The second kappa shape index (κ2) is 5.82. The van der Waals surface area contributed by atoms with Crippen LogP contribution in [0.5, 0.6) is 5.75 Å². The largest absolute Gasteiger partial charge is 0.496 e. The van der Waals surface area contributed by atoms with Gasteiger partial charge in [0.15, 0.2) is 6.23 Å². The van der Waals surface area contributed by atoms with E-state index in [4.69, 9.17) is 15.2 Å². The topological polar surface area (TPSA) is 61.5 Å². The first-order valence-electron chi connectivity index (χ1n) is 6.16. The van der Waals surface area contributed by atoms with E-state index < -0.39 is 6.23 Å². The maximum atomic E-state index is 12.4. The molecule has 2 rings (SSSR count). The molecule has 2 aromatic rings. The van der Waals surface area contributed by atoms with E-state index in [2.05, 4.69) is 0 Å². The van der Waals surface area contributed by atoms with E-state index in [1.54, 1.807) is 13.0 Å². The molecule has 0 aliphatic carbocycles. The fraction of sp³-hybridized carbons (Fsp3) is 0.267. The zero-order chi connectivity index (χ0) is 13.8. The van der Waals surface area contributed by atoms with Crippen LogP contribution in [0.25, 0.3) is 10.8 Å². The third-order valence-electron chi connectivity index (χ3n) is 2.96. The van der Waals surface area contributed by atoms with Crippen LogP contribution in [0, 0.1) is 0 Å². The summed E-state index contributed by atoms with van der Waals surface area (Å²) in [5, 5.41) is 1.79. The van der Waals surface area contributed by atoms with Crippen molar-refractivity contribution in [1.29, 1.82) is 0 Å². The number of nitrogens with two attached hydrogens (primary N) is 1. The summed E-state index contributed by atoms with van der Waals surface area (Å²) in [6.45, 7) is 2.19. The summed E-state index contributed by atoms with van der Waals surface area (Å²) in [4.78, 5) is 12.4. The Morgan fingerprint density at radius 2 is 2.00 bits per heavy atom. The minimum Gasteiger partial charge on any atom is -0.496 e. The van der Waals surface area contributed by atoms with Crippen LogP contribution in [0.1, 0.15) is 17.3 Å². The molecule has 19 heavy (non-hydrogen) atoms. The Morgan fingerprint density at radius 3 is 2.68 bits per heavy atom. The summed E-state index contributed by atoms with van der Waals surface area (Å²) in [5.74, 6) is 0.245. The lowest BCUT2D eigenvalue weighted by Gasteiger charge is -2.15. The maximum absolute atomic E-state index is 12.4. The molecule has 0 aromatic heterocycles. The van der Waals surface area contributed by atoms with Crippen molar-refractivity contribution < 1.29 is 14.3 Å². The maximum Gasteiger partial charge on any atom is 0.210 e. The van der Waals surface area contributed by atoms with Gasteiger partial charge in [-0.15, -0.1) is 0 Å². The normalized spacial score (nSPS) is 12.4. The number of methoxy groups -OCH3 is 1. The van der Waals surface area contributed by atoms with Crippen LogP contribution in [0.4, 0.5) is 0 Å². The minimum atomic E-state index is -0.968. The molecule has 0 heterocycles. The van der Waals surface area contributed by atoms with E-state index in [1.165, 1.54) is 7.11 Å². The molecule has 0 bridgehead atoms. The molecule has 1 unspecified atom stereocenters. The lowest BCUT2D eigenvalue weighted by Crippen LogP contribution is -2.33. The van der Waals surface area contributed by atoms with Crippen LogP contribution in [-0.4, -0.2) is 25.7 Å². The van der Waals surface area contributed by atoms with E-state index in [0.717, 1.165) is 10.8 Å². The SMILES string of the molecule is CCOC(N)C(=O)c1c(OC)ccc2ccccc12. The molecule has 0 saturated carbocycles. The van der Waals surface area contributed by atoms with Gasteiger partial charge in [-0.25, -0.2) is 0 Å². The highest BCUT2D eigenvalue weighted by molar-refractivity contribution is 6.12. The van der Waals surface area contributed by atoms with Gasteiger partial charge in [-0.1, -0.05) is 30.3 Å². The van der Waals surface area contributed by atoms with Crippen molar-refractivity contribution in [3.05, 3.63) is 42.0 Å². The molecule has 4 nitrogen and oxygen atoms in total. The number of fused-ring (bicyclic) bond motifs is 1. The van der Waals surface area contributed by atoms with Crippen molar-refractivity contribution in [3.8, 4) is 5.75 Å². The molecular weight excluding hydrogens is 242 g/mol. The van der Waals surface area contributed by atoms with Gasteiger partial charge in [0, 0.05) is 6.61 Å². The van der Waals surface area contributed by atoms with Gasteiger partial charge in [0.05, 0.1) is 12.7 Å². The molecule has 0 fully saturated rings. The Balaban J connectivity index is 2.58. The quantitative estimate of drug-likeness (QED) is 0.661. The Bertz CT molecular complexity index is 595. The number of ketones is 1. The van der Waals surface area contributed by atoms with Gasteiger partial charge in [-0.2, -0.15) is 0 Å². The van der Waals surface area contributed by atoms with Gasteiger partial charge in [-0.3, -0.25) is 10.5 Å². The van der Waals surface area contributed by atoms with Gasteiger partial charge < -0.3 is 9.47 Å². The monoisotopic (exact) mass is 259 g/mol. The van der Waals surface area contributed by atoms with Crippen LogP contribution in [-0.2, 0) is 4.74 Å². The summed E-state index contributed by atoms with van der Waals surface area (Å²) >= 11 is 0. The molecule has 0 saturated heterocycles. The van der Waals surface area contributed by atoms with Crippen molar-refractivity contribution in [2.75, 3.05) is 13.7 Å². The molecule has 2 aromatic carbocycles. The zero-order valence-electron chi connectivity index (χ0n) is 11.1.